The highest BCUT2D eigenvalue weighted by Gasteiger charge is 2.21. The first-order valence-electron chi connectivity index (χ1n) is 8.49. The number of aliphatic hydroxyl groups excluding tert-OH is 1. The van der Waals surface area contributed by atoms with Crippen molar-refractivity contribution in [1.29, 1.82) is 0 Å². The van der Waals surface area contributed by atoms with Gasteiger partial charge in [0.25, 0.3) is 0 Å². The number of rotatable bonds is 9. The van der Waals surface area contributed by atoms with Crippen LogP contribution >= 0.6 is 0 Å². The van der Waals surface area contributed by atoms with Crippen LogP contribution in [0.4, 0.5) is 11.4 Å². The SMILES string of the molecule is COc1ccc(N(CC(O)COc2ccc(NC(C)=O)cc2)S(C)(=O)=O)cc1. The number of benzene rings is 2. The van der Waals surface area contributed by atoms with E-state index >= 15 is 0 Å². The summed E-state index contributed by atoms with van der Waals surface area (Å²) in [7, 11) is -2.07. The Morgan fingerprint density at radius 3 is 2.18 bits per heavy atom. The van der Waals surface area contributed by atoms with Crippen LogP contribution in [0.1, 0.15) is 6.92 Å². The number of nitrogens with one attached hydrogen (secondary N) is 1. The van der Waals surface area contributed by atoms with Crippen molar-refractivity contribution < 1.29 is 27.8 Å². The van der Waals surface area contributed by atoms with Crippen LogP contribution in [0.15, 0.2) is 48.5 Å². The van der Waals surface area contributed by atoms with E-state index in [4.69, 9.17) is 9.47 Å². The number of ether oxygens (including phenoxy) is 2. The number of hydrogen-bond acceptors (Lipinski definition) is 6. The Morgan fingerprint density at radius 2 is 1.68 bits per heavy atom. The molecule has 0 aliphatic carbocycles. The first-order chi connectivity index (χ1) is 13.2. The third-order valence-corrected chi connectivity index (χ3v) is 4.91. The summed E-state index contributed by atoms with van der Waals surface area (Å²) in [6.45, 7) is 1.16. The first-order valence-corrected chi connectivity index (χ1v) is 10.3. The number of amides is 1. The van der Waals surface area contributed by atoms with Crippen LogP contribution in [0.25, 0.3) is 0 Å². The molecule has 2 N–H and O–H groups in total. The number of sulfonamides is 1. The largest absolute Gasteiger partial charge is 0.497 e. The molecule has 8 nitrogen and oxygen atoms in total. The fourth-order valence-electron chi connectivity index (χ4n) is 2.46. The number of nitrogens with zero attached hydrogens (tertiary/aromatic N) is 1. The van der Waals surface area contributed by atoms with Gasteiger partial charge in [0.1, 0.15) is 24.2 Å². The van der Waals surface area contributed by atoms with Gasteiger partial charge in [0.05, 0.1) is 25.6 Å². The molecule has 0 spiro atoms. The fraction of sp³-hybridized carbons (Fsp3) is 0.316. The van der Waals surface area contributed by atoms with Gasteiger partial charge in [-0.15, -0.1) is 0 Å². The minimum absolute atomic E-state index is 0.0956. The van der Waals surface area contributed by atoms with Crippen LogP contribution in [-0.4, -0.2) is 52.1 Å². The van der Waals surface area contributed by atoms with Gasteiger partial charge in [-0.05, 0) is 48.5 Å². The highest BCUT2D eigenvalue weighted by atomic mass is 32.2. The van der Waals surface area contributed by atoms with Gasteiger partial charge in [0.2, 0.25) is 15.9 Å². The average Bonchev–Trinajstić information content (AvgIpc) is 2.64. The van der Waals surface area contributed by atoms with Crippen LogP contribution in [-0.2, 0) is 14.8 Å². The molecular formula is C19H24N2O6S. The molecule has 152 valence electrons. The summed E-state index contributed by atoms with van der Waals surface area (Å²) in [5, 5.41) is 12.9. The van der Waals surface area contributed by atoms with Crippen molar-refractivity contribution in [3.05, 3.63) is 48.5 Å². The van der Waals surface area contributed by atoms with E-state index in [1.165, 1.54) is 14.0 Å². The third-order valence-electron chi connectivity index (χ3n) is 3.75. The number of anilines is 2. The van der Waals surface area contributed by atoms with Crippen molar-refractivity contribution in [3.8, 4) is 11.5 Å². The average molecular weight is 408 g/mol. The van der Waals surface area contributed by atoms with Crippen molar-refractivity contribution in [2.45, 2.75) is 13.0 Å². The molecule has 1 atom stereocenters. The minimum atomic E-state index is -3.60. The van der Waals surface area contributed by atoms with Crippen LogP contribution in [0.3, 0.4) is 0 Å². The zero-order valence-electron chi connectivity index (χ0n) is 16.0. The topological polar surface area (TPSA) is 105 Å². The fourth-order valence-corrected chi connectivity index (χ4v) is 3.40. The van der Waals surface area contributed by atoms with Gasteiger partial charge in [0.15, 0.2) is 0 Å². The van der Waals surface area contributed by atoms with Gasteiger partial charge in [-0.2, -0.15) is 0 Å². The van der Waals surface area contributed by atoms with E-state index in [0.29, 0.717) is 22.9 Å². The molecule has 9 heteroatoms. The first kappa shape index (κ1) is 21.5. The minimum Gasteiger partial charge on any atom is -0.497 e. The normalized spacial score (nSPS) is 12.1. The van der Waals surface area contributed by atoms with Gasteiger partial charge in [-0.1, -0.05) is 0 Å². The molecule has 28 heavy (non-hydrogen) atoms. The summed E-state index contributed by atoms with van der Waals surface area (Å²) < 4.78 is 36.0. The lowest BCUT2D eigenvalue weighted by Gasteiger charge is -2.25. The van der Waals surface area contributed by atoms with E-state index in [9.17, 15) is 18.3 Å². The molecule has 0 aliphatic rings. The standard InChI is InChI=1S/C19H24N2O6S/c1-14(22)20-15-4-8-19(9-5-15)27-13-17(23)12-21(28(3,24)25)16-6-10-18(26-2)11-7-16/h4-11,17,23H,12-13H2,1-3H3,(H,20,22). The van der Waals surface area contributed by atoms with E-state index in [2.05, 4.69) is 5.32 Å². The van der Waals surface area contributed by atoms with Crippen molar-refractivity contribution in [2.24, 2.45) is 0 Å². The lowest BCUT2D eigenvalue weighted by atomic mass is 10.2. The number of carbonyl (C=O) groups is 1. The van der Waals surface area contributed by atoms with E-state index in [-0.39, 0.29) is 19.1 Å². The smallest absolute Gasteiger partial charge is 0.232 e. The predicted octanol–water partition coefficient (Wildman–Crippen LogP) is 1.86. The quantitative estimate of drug-likeness (QED) is 0.656. The number of hydrogen-bond donors (Lipinski definition) is 2. The lowest BCUT2D eigenvalue weighted by molar-refractivity contribution is -0.114. The summed E-state index contributed by atoms with van der Waals surface area (Å²) >= 11 is 0. The number of methoxy groups -OCH3 is 1. The van der Waals surface area contributed by atoms with Crippen LogP contribution in [0.5, 0.6) is 11.5 Å². The maximum atomic E-state index is 12.1. The predicted molar refractivity (Wildman–Crippen MR) is 107 cm³/mol. The summed E-state index contributed by atoms with van der Waals surface area (Å²) in [6, 6.07) is 13.1. The van der Waals surface area contributed by atoms with Gasteiger partial charge in [-0.3, -0.25) is 9.10 Å². The van der Waals surface area contributed by atoms with E-state index in [1.807, 2.05) is 0 Å². The van der Waals surface area contributed by atoms with Crippen molar-refractivity contribution in [2.75, 3.05) is 36.1 Å². The second-order valence-electron chi connectivity index (χ2n) is 6.16. The van der Waals surface area contributed by atoms with E-state index < -0.39 is 16.1 Å². The Hall–Kier alpha value is -2.78. The third kappa shape index (κ3) is 6.43. The Labute approximate surface area is 164 Å². The maximum Gasteiger partial charge on any atom is 0.232 e. The summed E-state index contributed by atoms with van der Waals surface area (Å²) in [6.07, 6.45) is 0.0257. The molecule has 2 aromatic carbocycles. The monoisotopic (exact) mass is 408 g/mol. The molecule has 2 rings (SSSR count). The molecule has 0 aromatic heterocycles. The zero-order chi connectivity index (χ0) is 20.7. The number of carbonyl (C=O) groups excluding carboxylic acids is 1. The Morgan fingerprint density at radius 1 is 1.11 bits per heavy atom. The van der Waals surface area contributed by atoms with Crippen molar-refractivity contribution in [1.82, 2.24) is 0 Å². The molecule has 0 aliphatic heterocycles. The zero-order valence-corrected chi connectivity index (χ0v) is 16.8. The molecule has 0 bridgehead atoms. The molecule has 2 aromatic rings. The van der Waals surface area contributed by atoms with Crippen LogP contribution in [0, 0.1) is 0 Å². The van der Waals surface area contributed by atoms with E-state index in [0.717, 1.165) is 10.6 Å². The van der Waals surface area contributed by atoms with Crippen LogP contribution < -0.4 is 19.1 Å². The summed E-state index contributed by atoms with van der Waals surface area (Å²) in [4.78, 5) is 11.0. The summed E-state index contributed by atoms with van der Waals surface area (Å²) in [5.41, 5.74) is 1.05. The van der Waals surface area contributed by atoms with Crippen molar-refractivity contribution >= 4 is 27.3 Å². The summed E-state index contributed by atoms with van der Waals surface area (Å²) in [5.74, 6) is 0.913. The molecule has 0 saturated carbocycles. The van der Waals surface area contributed by atoms with Crippen molar-refractivity contribution in [3.63, 3.8) is 0 Å². The van der Waals surface area contributed by atoms with Gasteiger partial charge in [0, 0.05) is 12.6 Å². The Balaban J connectivity index is 1.99. The highest BCUT2D eigenvalue weighted by Crippen LogP contribution is 2.22. The lowest BCUT2D eigenvalue weighted by Crippen LogP contribution is -2.39. The second-order valence-corrected chi connectivity index (χ2v) is 8.07. The van der Waals surface area contributed by atoms with Gasteiger partial charge >= 0.3 is 0 Å². The molecule has 0 radical (unpaired) electrons. The maximum absolute atomic E-state index is 12.1. The number of aliphatic hydroxyl groups is 1. The molecule has 0 fully saturated rings. The highest BCUT2D eigenvalue weighted by molar-refractivity contribution is 7.92. The molecule has 0 saturated heterocycles. The Bertz CT molecular complexity index is 882. The molecule has 1 unspecified atom stereocenters. The van der Waals surface area contributed by atoms with Crippen LogP contribution in [0.2, 0.25) is 0 Å². The molecule has 0 heterocycles. The molecule has 1 amide bonds. The van der Waals surface area contributed by atoms with Gasteiger partial charge in [-0.25, -0.2) is 8.42 Å². The Kier molecular flexibility index (Phi) is 7.24. The molecular weight excluding hydrogens is 384 g/mol. The van der Waals surface area contributed by atoms with Gasteiger partial charge < -0.3 is 19.9 Å². The van der Waals surface area contributed by atoms with E-state index in [1.54, 1.807) is 48.5 Å². The second kappa shape index (κ2) is 9.43.